The zero-order valence-corrected chi connectivity index (χ0v) is 14.4. The first-order valence-corrected chi connectivity index (χ1v) is 9.01. The minimum Gasteiger partial charge on any atom is -0.497 e. The van der Waals surface area contributed by atoms with Crippen molar-refractivity contribution in [2.75, 3.05) is 33.3 Å². The van der Waals surface area contributed by atoms with Gasteiger partial charge < -0.3 is 9.15 Å². The van der Waals surface area contributed by atoms with E-state index in [9.17, 15) is 0 Å². The second kappa shape index (κ2) is 6.99. The molecule has 2 aliphatic heterocycles. The van der Waals surface area contributed by atoms with Gasteiger partial charge in [-0.15, -0.1) is 0 Å². The molecule has 1 aromatic heterocycles. The Morgan fingerprint density at radius 1 is 1.00 bits per heavy atom. The van der Waals surface area contributed by atoms with Gasteiger partial charge in [-0.05, 0) is 62.3 Å². The first kappa shape index (κ1) is 15.7. The third kappa shape index (κ3) is 3.35. The SMILES string of the molecule is COc1ccc(-c2ccc(CN3CC(N4CCCCC4)C3)o2)cc1. The molecule has 0 spiro atoms. The first-order chi connectivity index (χ1) is 11.8. The molecule has 24 heavy (non-hydrogen) atoms. The van der Waals surface area contributed by atoms with E-state index in [1.54, 1.807) is 7.11 Å². The van der Waals surface area contributed by atoms with Gasteiger partial charge in [0.25, 0.3) is 0 Å². The predicted octanol–water partition coefficient (Wildman–Crippen LogP) is 3.63. The van der Waals surface area contributed by atoms with Crippen molar-refractivity contribution < 1.29 is 9.15 Å². The van der Waals surface area contributed by atoms with Crippen LogP contribution in [-0.4, -0.2) is 49.1 Å². The number of hydrogen-bond acceptors (Lipinski definition) is 4. The van der Waals surface area contributed by atoms with Crippen LogP contribution >= 0.6 is 0 Å². The Kier molecular flexibility index (Phi) is 4.58. The lowest BCUT2D eigenvalue weighted by Gasteiger charge is -2.46. The third-order valence-corrected chi connectivity index (χ3v) is 5.26. The van der Waals surface area contributed by atoms with Crippen molar-refractivity contribution in [3.63, 3.8) is 0 Å². The Morgan fingerprint density at radius 3 is 2.46 bits per heavy atom. The van der Waals surface area contributed by atoms with Crippen molar-refractivity contribution in [3.8, 4) is 17.1 Å². The fraction of sp³-hybridized carbons (Fsp3) is 0.500. The van der Waals surface area contributed by atoms with Gasteiger partial charge in [0, 0.05) is 24.7 Å². The van der Waals surface area contributed by atoms with Crippen molar-refractivity contribution in [2.24, 2.45) is 0 Å². The van der Waals surface area contributed by atoms with E-state index in [-0.39, 0.29) is 0 Å². The molecular formula is C20H26N2O2. The highest BCUT2D eigenvalue weighted by atomic mass is 16.5. The zero-order valence-electron chi connectivity index (χ0n) is 14.4. The van der Waals surface area contributed by atoms with Gasteiger partial charge in [0.2, 0.25) is 0 Å². The lowest BCUT2D eigenvalue weighted by molar-refractivity contribution is 0.0151. The Morgan fingerprint density at radius 2 is 1.75 bits per heavy atom. The van der Waals surface area contributed by atoms with E-state index >= 15 is 0 Å². The molecule has 4 nitrogen and oxygen atoms in total. The normalized spacial score (nSPS) is 20.0. The minimum atomic E-state index is 0.765. The molecule has 2 aliphatic rings. The molecule has 0 atom stereocenters. The maximum absolute atomic E-state index is 6.03. The molecule has 3 heterocycles. The molecule has 128 valence electrons. The monoisotopic (exact) mass is 326 g/mol. The van der Waals surface area contributed by atoms with E-state index in [0.29, 0.717) is 0 Å². The summed E-state index contributed by atoms with van der Waals surface area (Å²) in [7, 11) is 1.68. The number of benzene rings is 1. The van der Waals surface area contributed by atoms with Crippen LogP contribution in [0.3, 0.4) is 0 Å². The number of hydrogen-bond donors (Lipinski definition) is 0. The van der Waals surface area contributed by atoms with E-state index < -0.39 is 0 Å². The van der Waals surface area contributed by atoms with Gasteiger partial charge >= 0.3 is 0 Å². The fourth-order valence-electron chi connectivity index (χ4n) is 3.78. The van der Waals surface area contributed by atoms with Crippen molar-refractivity contribution in [1.82, 2.24) is 9.80 Å². The van der Waals surface area contributed by atoms with E-state index in [1.807, 2.05) is 24.3 Å². The molecule has 0 radical (unpaired) electrons. The van der Waals surface area contributed by atoms with Crippen LogP contribution in [0.25, 0.3) is 11.3 Å². The largest absolute Gasteiger partial charge is 0.497 e. The summed E-state index contributed by atoms with van der Waals surface area (Å²) in [5, 5.41) is 0. The second-order valence-corrected chi connectivity index (χ2v) is 6.94. The Hall–Kier alpha value is -1.78. The molecule has 2 saturated heterocycles. The van der Waals surface area contributed by atoms with Gasteiger partial charge in [0.05, 0.1) is 13.7 Å². The second-order valence-electron chi connectivity index (χ2n) is 6.94. The van der Waals surface area contributed by atoms with Crippen LogP contribution in [0.2, 0.25) is 0 Å². The predicted molar refractivity (Wildman–Crippen MR) is 95.2 cm³/mol. The van der Waals surface area contributed by atoms with Gasteiger partial charge in [-0.1, -0.05) is 6.42 Å². The molecule has 4 heteroatoms. The number of piperidine rings is 1. The van der Waals surface area contributed by atoms with Gasteiger partial charge in [0.1, 0.15) is 17.3 Å². The number of rotatable bonds is 5. The molecular weight excluding hydrogens is 300 g/mol. The van der Waals surface area contributed by atoms with Crippen molar-refractivity contribution in [1.29, 1.82) is 0 Å². The van der Waals surface area contributed by atoms with Crippen molar-refractivity contribution in [3.05, 3.63) is 42.2 Å². The summed E-state index contributed by atoms with van der Waals surface area (Å²) in [5.41, 5.74) is 1.09. The van der Waals surface area contributed by atoms with Crippen molar-refractivity contribution in [2.45, 2.75) is 31.8 Å². The van der Waals surface area contributed by atoms with Crippen LogP contribution in [0.4, 0.5) is 0 Å². The highest BCUT2D eigenvalue weighted by Gasteiger charge is 2.32. The highest BCUT2D eigenvalue weighted by molar-refractivity contribution is 5.58. The smallest absolute Gasteiger partial charge is 0.134 e. The lowest BCUT2D eigenvalue weighted by Crippen LogP contribution is -2.59. The number of ether oxygens (including phenoxy) is 1. The topological polar surface area (TPSA) is 28.9 Å². The Balaban J connectivity index is 1.31. The van der Waals surface area contributed by atoms with E-state index in [0.717, 1.165) is 35.4 Å². The van der Waals surface area contributed by atoms with Gasteiger partial charge in [0.15, 0.2) is 0 Å². The van der Waals surface area contributed by atoms with E-state index in [1.165, 1.54) is 45.4 Å². The van der Waals surface area contributed by atoms with E-state index in [2.05, 4.69) is 21.9 Å². The quantitative estimate of drug-likeness (QED) is 0.839. The average Bonchev–Trinajstić information content (AvgIpc) is 3.07. The number of methoxy groups -OCH3 is 1. The first-order valence-electron chi connectivity index (χ1n) is 9.01. The minimum absolute atomic E-state index is 0.765. The molecule has 0 saturated carbocycles. The van der Waals surface area contributed by atoms with Crippen LogP contribution in [-0.2, 0) is 6.54 Å². The van der Waals surface area contributed by atoms with Crippen LogP contribution in [0.1, 0.15) is 25.0 Å². The van der Waals surface area contributed by atoms with Gasteiger partial charge in [-0.3, -0.25) is 9.80 Å². The summed E-state index contributed by atoms with van der Waals surface area (Å²) in [5.74, 6) is 2.86. The molecule has 0 aliphatic carbocycles. The summed E-state index contributed by atoms with van der Waals surface area (Å²) >= 11 is 0. The zero-order chi connectivity index (χ0) is 16.4. The fourth-order valence-corrected chi connectivity index (χ4v) is 3.78. The number of likely N-dealkylation sites (tertiary alicyclic amines) is 2. The maximum atomic E-state index is 6.03. The summed E-state index contributed by atoms with van der Waals surface area (Å²) in [6.45, 7) is 5.86. The van der Waals surface area contributed by atoms with Gasteiger partial charge in [-0.2, -0.15) is 0 Å². The van der Waals surface area contributed by atoms with Gasteiger partial charge in [-0.25, -0.2) is 0 Å². The molecule has 0 N–H and O–H groups in total. The summed E-state index contributed by atoms with van der Waals surface area (Å²) in [6, 6.07) is 13.0. The van der Waals surface area contributed by atoms with E-state index in [4.69, 9.17) is 9.15 Å². The maximum Gasteiger partial charge on any atom is 0.134 e. The van der Waals surface area contributed by atoms with Crippen LogP contribution in [0.5, 0.6) is 5.75 Å². The van der Waals surface area contributed by atoms with Crippen molar-refractivity contribution >= 4 is 0 Å². The third-order valence-electron chi connectivity index (χ3n) is 5.26. The summed E-state index contributed by atoms with van der Waals surface area (Å²) in [4.78, 5) is 5.15. The molecule has 2 aromatic rings. The highest BCUT2D eigenvalue weighted by Crippen LogP contribution is 2.27. The molecule has 0 bridgehead atoms. The Labute approximate surface area is 144 Å². The van der Waals surface area contributed by atoms with Crippen LogP contribution in [0.15, 0.2) is 40.8 Å². The lowest BCUT2D eigenvalue weighted by atomic mass is 10.0. The molecule has 0 amide bonds. The number of nitrogens with zero attached hydrogens (tertiary/aromatic N) is 2. The standard InChI is InChI=1S/C20H26N2O2/c1-23-18-7-5-16(6-8-18)20-10-9-19(24-20)15-21-13-17(14-21)22-11-3-2-4-12-22/h5-10,17H,2-4,11-15H2,1H3. The molecule has 1 aromatic carbocycles. The molecule has 2 fully saturated rings. The molecule has 0 unspecified atom stereocenters. The summed E-state index contributed by atoms with van der Waals surface area (Å²) in [6.07, 6.45) is 4.16. The van der Waals surface area contributed by atoms with Crippen LogP contribution in [0, 0.1) is 0 Å². The summed E-state index contributed by atoms with van der Waals surface area (Å²) < 4.78 is 11.2. The number of furan rings is 1. The van der Waals surface area contributed by atoms with Crippen LogP contribution < -0.4 is 4.74 Å². The molecule has 4 rings (SSSR count). The Bertz CT molecular complexity index is 653. The average molecular weight is 326 g/mol.